The maximum Gasteiger partial charge on any atom is 0.254 e. The smallest absolute Gasteiger partial charge is 0.254 e. The predicted molar refractivity (Wildman–Crippen MR) is 77.7 cm³/mol. The van der Waals surface area contributed by atoms with Crippen molar-refractivity contribution in [3.8, 4) is 5.75 Å². The topological polar surface area (TPSA) is 29.5 Å². The average molecular weight is 267 g/mol. The number of para-hydroxylation sites is 1. The molecule has 2 aromatic carbocycles. The number of rotatable bonds is 4. The minimum atomic E-state index is 0.114. The summed E-state index contributed by atoms with van der Waals surface area (Å²) in [5.41, 5.74) is 1.69. The number of amides is 1. The Kier molecular flexibility index (Phi) is 3.68. The van der Waals surface area contributed by atoms with Crippen LogP contribution in [0.2, 0.25) is 0 Å². The number of likely N-dealkylation sites (tertiary alicyclic amines) is 1. The molecule has 1 heterocycles. The van der Waals surface area contributed by atoms with E-state index in [-0.39, 0.29) is 5.91 Å². The van der Waals surface area contributed by atoms with E-state index in [0.29, 0.717) is 6.61 Å². The molecule has 1 fully saturated rings. The zero-order valence-electron chi connectivity index (χ0n) is 11.3. The summed E-state index contributed by atoms with van der Waals surface area (Å²) in [6.07, 6.45) is 1.11. The number of hydrogen-bond acceptors (Lipinski definition) is 2. The largest absolute Gasteiger partial charge is 0.489 e. The van der Waals surface area contributed by atoms with E-state index < -0.39 is 0 Å². The van der Waals surface area contributed by atoms with Gasteiger partial charge in [-0.3, -0.25) is 4.79 Å². The third kappa shape index (κ3) is 2.67. The van der Waals surface area contributed by atoms with Crippen molar-refractivity contribution in [3.05, 3.63) is 65.7 Å². The van der Waals surface area contributed by atoms with Crippen molar-refractivity contribution < 1.29 is 9.53 Å². The maximum atomic E-state index is 12.3. The van der Waals surface area contributed by atoms with E-state index in [4.69, 9.17) is 4.74 Å². The van der Waals surface area contributed by atoms with Crippen molar-refractivity contribution in [2.75, 3.05) is 13.1 Å². The van der Waals surface area contributed by atoms with Crippen LogP contribution < -0.4 is 4.74 Å². The Balaban J connectivity index is 1.74. The third-order valence-electron chi connectivity index (χ3n) is 3.53. The Labute approximate surface area is 118 Å². The van der Waals surface area contributed by atoms with Crippen LogP contribution in [0.25, 0.3) is 0 Å². The summed E-state index contributed by atoms with van der Waals surface area (Å²) in [5, 5.41) is 0. The van der Waals surface area contributed by atoms with Crippen LogP contribution in [-0.4, -0.2) is 23.9 Å². The average Bonchev–Trinajstić information content (AvgIpc) is 2.45. The summed E-state index contributed by atoms with van der Waals surface area (Å²) in [4.78, 5) is 14.2. The number of carbonyl (C=O) groups is 1. The molecule has 1 saturated heterocycles. The first-order valence-corrected chi connectivity index (χ1v) is 6.89. The van der Waals surface area contributed by atoms with E-state index in [1.807, 2.05) is 59.5 Å². The van der Waals surface area contributed by atoms with Crippen molar-refractivity contribution in [1.82, 2.24) is 4.90 Å². The van der Waals surface area contributed by atoms with Crippen molar-refractivity contribution in [3.63, 3.8) is 0 Å². The first-order chi connectivity index (χ1) is 9.84. The summed E-state index contributed by atoms with van der Waals surface area (Å²) < 4.78 is 5.74. The fourth-order valence-corrected chi connectivity index (χ4v) is 2.22. The van der Waals surface area contributed by atoms with Crippen LogP contribution in [0.15, 0.2) is 54.6 Å². The Bertz CT molecular complexity index is 591. The molecule has 0 bridgehead atoms. The second-order valence-electron chi connectivity index (χ2n) is 4.90. The fraction of sp³-hybridized carbons (Fsp3) is 0.235. The lowest BCUT2D eigenvalue weighted by atomic mass is 10.0. The van der Waals surface area contributed by atoms with E-state index in [1.54, 1.807) is 0 Å². The summed E-state index contributed by atoms with van der Waals surface area (Å²) in [6.45, 7) is 2.15. The van der Waals surface area contributed by atoms with Gasteiger partial charge in [-0.2, -0.15) is 0 Å². The van der Waals surface area contributed by atoms with Crippen LogP contribution in [0.3, 0.4) is 0 Å². The molecule has 3 nitrogen and oxygen atoms in total. The highest BCUT2D eigenvalue weighted by molar-refractivity contribution is 5.96. The highest BCUT2D eigenvalue weighted by Gasteiger charge is 2.23. The first-order valence-electron chi connectivity index (χ1n) is 6.89. The molecular formula is C17H17NO2. The van der Waals surface area contributed by atoms with Gasteiger partial charge in [-0.1, -0.05) is 36.4 Å². The van der Waals surface area contributed by atoms with Gasteiger partial charge in [0.1, 0.15) is 12.4 Å². The van der Waals surface area contributed by atoms with Crippen molar-refractivity contribution >= 4 is 5.91 Å². The van der Waals surface area contributed by atoms with Gasteiger partial charge in [0.15, 0.2) is 0 Å². The minimum absolute atomic E-state index is 0.114. The molecular weight excluding hydrogens is 250 g/mol. The zero-order valence-corrected chi connectivity index (χ0v) is 11.3. The molecule has 20 heavy (non-hydrogen) atoms. The van der Waals surface area contributed by atoms with Crippen LogP contribution >= 0.6 is 0 Å². The SMILES string of the molecule is O=C(c1ccccc1COc1ccccc1)N1CCC1. The normalized spacial score (nSPS) is 13.7. The lowest BCUT2D eigenvalue weighted by Gasteiger charge is -2.31. The van der Waals surface area contributed by atoms with E-state index in [9.17, 15) is 4.79 Å². The molecule has 102 valence electrons. The Morgan fingerprint density at radius 3 is 2.40 bits per heavy atom. The molecule has 0 N–H and O–H groups in total. The Morgan fingerprint density at radius 1 is 1.00 bits per heavy atom. The number of ether oxygens (including phenoxy) is 1. The van der Waals surface area contributed by atoms with E-state index in [0.717, 1.165) is 36.4 Å². The van der Waals surface area contributed by atoms with Gasteiger partial charge in [0, 0.05) is 24.2 Å². The van der Waals surface area contributed by atoms with Crippen molar-refractivity contribution in [2.45, 2.75) is 13.0 Å². The standard InChI is InChI=1S/C17H17NO2/c19-17(18-11-6-12-18)16-10-5-4-7-14(16)13-20-15-8-2-1-3-9-15/h1-5,7-10H,6,11-13H2. The molecule has 0 atom stereocenters. The van der Waals surface area contributed by atoms with E-state index in [1.165, 1.54) is 0 Å². The molecule has 0 aliphatic carbocycles. The van der Waals surface area contributed by atoms with Gasteiger partial charge in [-0.25, -0.2) is 0 Å². The van der Waals surface area contributed by atoms with Crippen LogP contribution in [0, 0.1) is 0 Å². The van der Waals surface area contributed by atoms with Gasteiger partial charge in [-0.15, -0.1) is 0 Å². The van der Waals surface area contributed by atoms with Gasteiger partial charge < -0.3 is 9.64 Å². The molecule has 1 aliphatic rings. The van der Waals surface area contributed by atoms with Crippen LogP contribution in [0.4, 0.5) is 0 Å². The molecule has 3 heteroatoms. The highest BCUT2D eigenvalue weighted by Crippen LogP contribution is 2.18. The van der Waals surface area contributed by atoms with Gasteiger partial charge >= 0.3 is 0 Å². The molecule has 0 spiro atoms. The molecule has 1 amide bonds. The van der Waals surface area contributed by atoms with E-state index >= 15 is 0 Å². The van der Waals surface area contributed by atoms with Gasteiger partial charge in [-0.05, 0) is 24.6 Å². The Hall–Kier alpha value is -2.29. The molecule has 2 aromatic rings. The lowest BCUT2D eigenvalue weighted by molar-refractivity contribution is 0.0649. The predicted octanol–water partition coefficient (Wildman–Crippen LogP) is 3.11. The zero-order chi connectivity index (χ0) is 13.8. The van der Waals surface area contributed by atoms with Crippen molar-refractivity contribution in [1.29, 1.82) is 0 Å². The number of hydrogen-bond donors (Lipinski definition) is 0. The summed E-state index contributed by atoms with van der Waals surface area (Å²) in [6, 6.07) is 17.3. The number of benzene rings is 2. The molecule has 0 unspecified atom stereocenters. The van der Waals surface area contributed by atoms with Crippen LogP contribution in [0.5, 0.6) is 5.75 Å². The second-order valence-corrected chi connectivity index (χ2v) is 4.90. The minimum Gasteiger partial charge on any atom is -0.489 e. The molecule has 0 aromatic heterocycles. The van der Waals surface area contributed by atoms with Crippen LogP contribution in [0.1, 0.15) is 22.3 Å². The summed E-state index contributed by atoms with van der Waals surface area (Å²) in [5.74, 6) is 0.933. The Morgan fingerprint density at radius 2 is 1.70 bits per heavy atom. The molecule has 0 saturated carbocycles. The maximum absolute atomic E-state index is 12.3. The fourth-order valence-electron chi connectivity index (χ4n) is 2.22. The quantitative estimate of drug-likeness (QED) is 0.852. The highest BCUT2D eigenvalue weighted by atomic mass is 16.5. The monoisotopic (exact) mass is 267 g/mol. The third-order valence-corrected chi connectivity index (χ3v) is 3.53. The summed E-state index contributed by atoms with van der Waals surface area (Å²) >= 11 is 0. The number of carbonyl (C=O) groups excluding carboxylic acids is 1. The van der Waals surface area contributed by atoms with Gasteiger partial charge in [0.25, 0.3) is 5.91 Å². The lowest BCUT2D eigenvalue weighted by Crippen LogP contribution is -2.42. The van der Waals surface area contributed by atoms with Gasteiger partial charge in [0.05, 0.1) is 0 Å². The van der Waals surface area contributed by atoms with Gasteiger partial charge in [0.2, 0.25) is 0 Å². The molecule has 0 radical (unpaired) electrons. The molecule has 3 rings (SSSR count). The number of nitrogens with zero attached hydrogens (tertiary/aromatic N) is 1. The summed E-state index contributed by atoms with van der Waals surface area (Å²) in [7, 11) is 0. The second kappa shape index (κ2) is 5.78. The van der Waals surface area contributed by atoms with Crippen LogP contribution in [-0.2, 0) is 6.61 Å². The van der Waals surface area contributed by atoms with E-state index in [2.05, 4.69) is 0 Å². The first kappa shape index (κ1) is 12.7. The molecule has 1 aliphatic heterocycles. The van der Waals surface area contributed by atoms with Crippen molar-refractivity contribution in [2.24, 2.45) is 0 Å².